The highest BCUT2D eigenvalue weighted by molar-refractivity contribution is 6.42. The van der Waals surface area contributed by atoms with Crippen molar-refractivity contribution >= 4 is 46.4 Å². The smallest absolute Gasteiger partial charge is 0.224 e. The van der Waals surface area contributed by atoms with Crippen LogP contribution in [-0.2, 0) is 9.53 Å². The van der Waals surface area contributed by atoms with E-state index >= 15 is 0 Å². The molecule has 1 N–H and O–H groups in total. The molecule has 0 spiro atoms. The Bertz CT molecular complexity index is 423. The molecular formula is C11H10Cl3NO2. The number of carbonyl (C=O) groups excluding carboxylic acids is 1. The Morgan fingerprint density at radius 3 is 2.35 bits per heavy atom. The molecule has 1 heterocycles. The second-order valence-corrected chi connectivity index (χ2v) is 5.15. The van der Waals surface area contributed by atoms with Crippen LogP contribution in [0.1, 0.15) is 6.42 Å². The highest BCUT2D eigenvalue weighted by Gasteiger charge is 2.22. The topological polar surface area (TPSA) is 38.3 Å². The Morgan fingerprint density at radius 1 is 1.29 bits per heavy atom. The second kappa shape index (κ2) is 5.44. The number of hydrogen-bond donors (Lipinski definition) is 1. The molecule has 1 aromatic carbocycles. The molecule has 1 amide bonds. The van der Waals surface area contributed by atoms with Gasteiger partial charge in [-0.1, -0.05) is 34.8 Å². The van der Waals surface area contributed by atoms with E-state index in [1.54, 1.807) is 0 Å². The van der Waals surface area contributed by atoms with Crippen LogP contribution in [-0.4, -0.2) is 19.1 Å². The van der Waals surface area contributed by atoms with Gasteiger partial charge in [-0.3, -0.25) is 4.79 Å². The maximum Gasteiger partial charge on any atom is 0.224 e. The Hall–Kier alpha value is -0.480. The molecule has 92 valence electrons. The summed E-state index contributed by atoms with van der Waals surface area (Å²) in [5.41, 5.74) is 0.406. The third-order valence-electron chi connectivity index (χ3n) is 2.45. The molecule has 2 rings (SSSR count). The molecule has 0 unspecified atom stereocenters. The van der Waals surface area contributed by atoms with Crippen LogP contribution in [0, 0.1) is 5.92 Å². The summed E-state index contributed by atoms with van der Waals surface area (Å²) in [5.74, 6) is 0.171. The van der Waals surface area contributed by atoms with Crippen molar-refractivity contribution in [3.8, 4) is 0 Å². The van der Waals surface area contributed by atoms with Gasteiger partial charge >= 0.3 is 0 Å². The molecule has 6 heteroatoms. The minimum Gasteiger partial charge on any atom is -0.381 e. The monoisotopic (exact) mass is 293 g/mol. The minimum absolute atomic E-state index is 0.121. The molecule has 0 aliphatic carbocycles. The molecule has 3 nitrogen and oxygen atoms in total. The first-order valence-corrected chi connectivity index (χ1v) is 6.22. The number of carbonyl (C=O) groups is 1. The van der Waals surface area contributed by atoms with Crippen LogP contribution in [0.15, 0.2) is 12.1 Å². The van der Waals surface area contributed by atoms with Crippen molar-refractivity contribution in [3.05, 3.63) is 27.2 Å². The zero-order valence-electron chi connectivity index (χ0n) is 8.80. The third-order valence-corrected chi connectivity index (χ3v) is 3.27. The maximum absolute atomic E-state index is 11.7. The molecule has 0 saturated carbocycles. The van der Waals surface area contributed by atoms with Crippen LogP contribution >= 0.6 is 34.8 Å². The number of halogens is 3. The number of nitrogens with one attached hydrogen (secondary N) is 1. The fourth-order valence-corrected chi connectivity index (χ4v) is 2.43. The molecule has 1 aliphatic heterocycles. The first-order chi connectivity index (χ1) is 8.06. The number of amides is 1. The first kappa shape index (κ1) is 13.0. The molecule has 1 fully saturated rings. The number of benzene rings is 1. The summed E-state index contributed by atoms with van der Waals surface area (Å²) in [6.45, 7) is 1.27. The average Bonchev–Trinajstić information content (AvgIpc) is 2.17. The van der Waals surface area contributed by atoms with E-state index in [2.05, 4.69) is 5.32 Å². The van der Waals surface area contributed by atoms with Gasteiger partial charge in [0, 0.05) is 17.4 Å². The van der Waals surface area contributed by atoms with E-state index in [1.807, 2.05) is 0 Å². The number of anilines is 1. The van der Waals surface area contributed by atoms with Gasteiger partial charge in [-0.2, -0.15) is 0 Å². The normalized spacial score (nSPS) is 15.5. The van der Waals surface area contributed by atoms with Crippen molar-refractivity contribution in [2.45, 2.75) is 6.42 Å². The fourth-order valence-electron chi connectivity index (χ4n) is 1.52. The second-order valence-electron chi connectivity index (χ2n) is 3.90. The number of rotatable bonds is 3. The summed E-state index contributed by atoms with van der Waals surface area (Å²) in [4.78, 5) is 11.7. The van der Waals surface area contributed by atoms with Crippen LogP contribution in [0.5, 0.6) is 0 Å². The van der Waals surface area contributed by atoms with Crippen LogP contribution in [0.3, 0.4) is 0 Å². The lowest BCUT2D eigenvalue weighted by Gasteiger charge is -2.25. The van der Waals surface area contributed by atoms with Gasteiger partial charge in [0.1, 0.15) is 0 Å². The zero-order chi connectivity index (χ0) is 12.4. The van der Waals surface area contributed by atoms with Crippen LogP contribution in [0.2, 0.25) is 15.1 Å². The molecular weight excluding hydrogens is 284 g/mol. The van der Waals surface area contributed by atoms with Crippen molar-refractivity contribution < 1.29 is 9.53 Å². The van der Waals surface area contributed by atoms with E-state index in [9.17, 15) is 4.79 Å². The molecule has 1 aromatic rings. The van der Waals surface area contributed by atoms with Gasteiger partial charge in [-0.25, -0.2) is 0 Å². The van der Waals surface area contributed by atoms with Crippen LogP contribution in [0.4, 0.5) is 5.69 Å². The quantitative estimate of drug-likeness (QED) is 0.924. The molecule has 1 aliphatic rings. The molecule has 0 bridgehead atoms. The molecule has 0 atom stereocenters. The molecule has 17 heavy (non-hydrogen) atoms. The standard InChI is InChI=1S/C11H10Cl3NO2/c12-7-2-8(13)11(9(14)3-7)15-10(16)1-6-4-17-5-6/h2-3,6H,1,4-5H2,(H,15,16). The van der Waals surface area contributed by atoms with Crippen molar-refractivity contribution in [1.29, 1.82) is 0 Å². The van der Waals surface area contributed by atoms with Gasteiger partial charge in [-0.15, -0.1) is 0 Å². The Balaban J connectivity index is 2.04. The summed E-state index contributed by atoms with van der Waals surface area (Å²) in [6.07, 6.45) is 0.412. The van der Waals surface area contributed by atoms with Gasteiger partial charge < -0.3 is 10.1 Å². The Labute approximate surface area is 114 Å². The predicted molar refractivity (Wildman–Crippen MR) is 69.0 cm³/mol. The van der Waals surface area contributed by atoms with Crippen molar-refractivity contribution in [2.24, 2.45) is 5.92 Å². The summed E-state index contributed by atoms with van der Waals surface area (Å²) in [7, 11) is 0. The van der Waals surface area contributed by atoms with E-state index in [0.29, 0.717) is 46.3 Å². The number of ether oxygens (including phenoxy) is 1. The van der Waals surface area contributed by atoms with E-state index in [-0.39, 0.29) is 5.91 Å². The van der Waals surface area contributed by atoms with Gasteiger partial charge in [0.2, 0.25) is 5.91 Å². The molecule has 0 radical (unpaired) electrons. The van der Waals surface area contributed by atoms with Gasteiger partial charge in [0.25, 0.3) is 0 Å². The van der Waals surface area contributed by atoms with E-state index in [0.717, 1.165) is 0 Å². The lowest BCUT2D eigenvalue weighted by Crippen LogP contribution is -2.31. The summed E-state index contributed by atoms with van der Waals surface area (Å²) in [6, 6.07) is 3.08. The molecule has 0 aromatic heterocycles. The minimum atomic E-state index is -0.121. The van der Waals surface area contributed by atoms with Crippen LogP contribution < -0.4 is 5.32 Å². The SMILES string of the molecule is O=C(CC1COC1)Nc1c(Cl)cc(Cl)cc1Cl. The molecule has 1 saturated heterocycles. The van der Waals surface area contributed by atoms with Gasteiger partial charge in [0.15, 0.2) is 0 Å². The Kier molecular flexibility index (Phi) is 4.15. The van der Waals surface area contributed by atoms with Crippen molar-refractivity contribution in [1.82, 2.24) is 0 Å². The largest absolute Gasteiger partial charge is 0.381 e. The highest BCUT2D eigenvalue weighted by atomic mass is 35.5. The number of hydrogen-bond acceptors (Lipinski definition) is 2. The third kappa shape index (κ3) is 3.26. The van der Waals surface area contributed by atoms with Gasteiger partial charge in [-0.05, 0) is 12.1 Å². The summed E-state index contributed by atoms with van der Waals surface area (Å²) >= 11 is 17.7. The highest BCUT2D eigenvalue weighted by Crippen LogP contribution is 2.33. The van der Waals surface area contributed by atoms with Crippen molar-refractivity contribution in [3.63, 3.8) is 0 Å². The van der Waals surface area contributed by atoms with Crippen LogP contribution in [0.25, 0.3) is 0 Å². The average molecular weight is 295 g/mol. The first-order valence-electron chi connectivity index (χ1n) is 5.08. The maximum atomic E-state index is 11.7. The summed E-state index contributed by atoms with van der Waals surface area (Å²) in [5, 5.41) is 3.79. The van der Waals surface area contributed by atoms with Crippen molar-refractivity contribution in [2.75, 3.05) is 18.5 Å². The van der Waals surface area contributed by atoms with Gasteiger partial charge in [0.05, 0.1) is 28.9 Å². The van der Waals surface area contributed by atoms with E-state index in [1.165, 1.54) is 12.1 Å². The zero-order valence-corrected chi connectivity index (χ0v) is 11.1. The van der Waals surface area contributed by atoms with E-state index in [4.69, 9.17) is 39.5 Å². The summed E-state index contributed by atoms with van der Waals surface area (Å²) < 4.78 is 5.00. The lowest BCUT2D eigenvalue weighted by molar-refractivity contribution is -0.121. The predicted octanol–water partition coefficient (Wildman–Crippen LogP) is 3.62. The van der Waals surface area contributed by atoms with E-state index < -0.39 is 0 Å². The lowest BCUT2D eigenvalue weighted by atomic mass is 10.0. The Morgan fingerprint density at radius 2 is 1.88 bits per heavy atom. The fraction of sp³-hybridized carbons (Fsp3) is 0.364.